The third-order valence-electron chi connectivity index (χ3n) is 4.58. The molecule has 2 aromatic rings. The van der Waals surface area contributed by atoms with Gasteiger partial charge in [-0.1, -0.05) is 30.3 Å². The summed E-state index contributed by atoms with van der Waals surface area (Å²) in [5.74, 6) is -0.794. The van der Waals surface area contributed by atoms with Crippen molar-refractivity contribution in [2.24, 2.45) is 0 Å². The number of carbonyl (C=O) groups excluding carboxylic acids is 2. The predicted molar refractivity (Wildman–Crippen MR) is 114 cm³/mol. The van der Waals surface area contributed by atoms with Crippen molar-refractivity contribution in [3.63, 3.8) is 0 Å². The molecule has 0 fully saturated rings. The lowest BCUT2D eigenvalue weighted by atomic mass is 10.00. The van der Waals surface area contributed by atoms with Gasteiger partial charge in [-0.15, -0.1) is 0 Å². The number of rotatable bonds is 4. The lowest BCUT2D eigenvalue weighted by Gasteiger charge is -2.31. The molecule has 160 valence electrons. The summed E-state index contributed by atoms with van der Waals surface area (Å²) in [5.41, 5.74) is 3.07. The number of alkyl carbamates (subject to hydrolysis) is 1. The summed E-state index contributed by atoms with van der Waals surface area (Å²) in [7, 11) is 0. The number of hydrogen-bond acceptors (Lipinski definition) is 5. The van der Waals surface area contributed by atoms with E-state index in [9.17, 15) is 9.59 Å². The fraction of sp³-hybridized carbons (Fsp3) is 0.417. The Morgan fingerprint density at radius 3 is 2.33 bits per heavy atom. The third kappa shape index (κ3) is 5.53. The van der Waals surface area contributed by atoms with Crippen molar-refractivity contribution in [2.75, 3.05) is 0 Å². The van der Waals surface area contributed by atoms with Gasteiger partial charge in [0.05, 0.1) is 0 Å². The summed E-state index contributed by atoms with van der Waals surface area (Å²) in [6.45, 7) is 11.0. The summed E-state index contributed by atoms with van der Waals surface area (Å²) in [6.07, 6.45) is -0.143. The number of carbonyl (C=O) groups is 2. The molecule has 6 nitrogen and oxygen atoms in total. The lowest BCUT2D eigenvalue weighted by molar-refractivity contribution is -0.127. The zero-order valence-electron chi connectivity index (χ0n) is 18.4. The van der Waals surface area contributed by atoms with Gasteiger partial charge in [-0.05, 0) is 62.9 Å². The third-order valence-corrected chi connectivity index (χ3v) is 4.58. The Balaban J connectivity index is 1.66. The van der Waals surface area contributed by atoms with Gasteiger partial charge >= 0.3 is 12.1 Å². The van der Waals surface area contributed by atoms with E-state index in [2.05, 4.69) is 5.32 Å². The van der Waals surface area contributed by atoms with Crippen LogP contribution in [0.15, 0.2) is 42.5 Å². The maximum absolute atomic E-state index is 12.3. The van der Waals surface area contributed by atoms with Crippen LogP contribution in [-0.2, 0) is 15.9 Å². The van der Waals surface area contributed by atoms with E-state index in [0.717, 1.165) is 16.7 Å². The fourth-order valence-electron chi connectivity index (χ4n) is 3.21. The molecule has 1 N–H and O–H groups in total. The Morgan fingerprint density at radius 2 is 1.70 bits per heavy atom. The van der Waals surface area contributed by atoms with Crippen molar-refractivity contribution in [2.45, 2.75) is 65.4 Å². The summed E-state index contributed by atoms with van der Waals surface area (Å²) in [6, 6.07) is 13.5. The van der Waals surface area contributed by atoms with Gasteiger partial charge in [-0.25, -0.2) is 9.59 Å². The number of nitrogens with one attached hydrogen (secondary N) is 1. The summed E-state index contributed by atoms with van der Waals surface area (Å²) >= 11 is 0. The van der Waals surface area contributed by atoms with Crippen molar-refractivity contribution in [3.05, 3.63) is 64.7 Å². The highest BCUT2D eigenvalue weighted by Gasteiger charge is 2.33. The molecule has 1 aliphatic rings. The molecule has 3 rings (SSSR count). The van der Waals surface area contributed by atoms with Gasteiger partial charge in [0.2, 0.25) is 5.79 Å². The van der Waals surface area contributed by atoms with Crippen LogP contribution in [0.1, 0.15) is 74.7 Å². The molecule has 0 saturated heterocycles. The van der Waals surface area contributed by atoms with Crippen LogP contribution in [0.25, 0.3) is 0 Å². The van der Waals surface area contributed by atoms with Crippen LogP contribution in [-0.4, -0.2) is 23.4 Å². The number of ether oxygens (including phenoxy) is 3. The van der Waals surface area contributed by atoms with Crippen LogP contribution in [0.3, 0.4) is 0 Å². The number of esters is 1. The molecule has 30 heavy (non-hydrogen) atoms. The maximum atomic E-state index is 12.3. The first-order valence-electron chi connectivity index (χ1n) is 10.0. The summed E-state index contributed by atoms with van der Waals surface area (Å²) in [4.78, 5) is 24.2. The van der Waals surface area contributed by atoms with Crippen molar-refractivity contribution in [3.8, 4) is 5.75 Å². The molecule has 0 radical (unpaired) electrons. The van der Waals surface area contributed by atoms with E-state index in [1.165, 1.54) is 0 Å². The first-order chi connectivity index (χ1) is 13.9. The standard InChI is InChI=1S/C24H29NO5/c1-15(28-22(27)25-23(2,3)4)18-10-7-16(8-11-18)13-17-9-12-20-19(14-17)21(26)30-24(5,6)29-20/h7-12,14-15H,13H2,1-6H3,(H,25,27)/t15-/m0/s1. The molecule has 0 spiro atoms. The first kappa shape index (κ1) is 21.7. The van der Waals surface area contributed by atoms with Gasteiger partial charge in [0.15, 0.2) is 0 Å². The Bertz CT molecular complexity index is 941. The number of cyclic esters (lactones) is 1. The van der Waals surface area contributed by atoms with Gasteiger partial charge in [-0.3, -0.25) is 0 Å². The van der Waals surface area contributed by atoms with Crippen LogP contribution >= 0.6 is 0 Å². The Kier molecular flexibility index (Phi) is 5.79. The molecule has 2 aromatic carbocycles. The largest absolute Gasteiger partial charge is 0.452 e. The molecule has 0 unspecified atom stereocenters. The van der Waals surface area contributed by atoms with Gasteiger partial charge in [-0.2, -0.15) is 0 Å². The second kappa shape index (κ2) is 8.01. The maximum Gasteiger partial charge on any atom is 0.408 e. The van der Waals surface area contributed by atoms with Crippen molar-refractivity contribution in [1.82, 2.24) is 5.32 Å². The first-order valence-corrected chi connectivity index (χ1v) is 10.0. The number of benzene rings is 2. The highest BCUT2D eigenvalue weighted by Crippen LogP contribution is 2.32. The molecule has 0 aromatic heterocycles. The van der Waals surface area contributed by atoms with E-state index in [4.69, 9.17) is 14.2 Å². The minimum atomic E-state index is -0.954. The zero-order chi connectivity index (χ0) is 22.1. The van der Waals surface area contributed by atoms with Crippen molar-refractivity contribution in [1.29, 1.82) is 0 Å². The van der Waals surface area contributed by atoms with Gasteiger partial charge in [0.1, 0.15) is 17.4 Å². The molecule has 0 aliphatic carbocycles. The number of fused-ring (bicyclic) bond motifs is 1. The lowest BCUT2D eigenvalue weighted by Crippen LogP contribution is -2.41. The average molecular weight is 411 g/mol. The van der Waals surface area contributed by atoms with E-state index in [-0.39, 0.29) is 17.6 Å². The predicted octanol–water partition coefficient (Wildman–Crippen LogP) is 5.15. The Morgan fingerprint density at radius 1 is 1.07 bits per heavy atom. The van der Waals surface area contributed by atoms with E-state index < -0.39 is 11.9 Å². The van der Waals surface area contributed by atoms with E-state index in [1.54, 1.807) is 13.8 Å². The van der Waals surface area contributed by atoms with Gasteiger partial charge in [0.25, 0.3) is 0 Å². The Hall–Kier alpha value is -3.02. The van der Waals surface area contributed by atoms with Crippen molar-refractivity contribution < 1.29 is 23.8 Å². The summed E-state index contributed by atoms with van der Waals surface area (Å²) in [5, 5.41) is 2.79. The molecule has 0 bridgehead atoms. The fourth-order valence-corrected chi connectivity index (χ4v) is 3.21. The highest BCUT2D eigenvalue weighted by atomic mass is 16.7. The number of amides is 1. The van der Waals surface area contributed by atoms with E-state index in [0.29, 0.717) is 17.7 Å². The highest BCUT2D eigenvalue weighted by molar-refractivity contribution is 5.93. The molecule has 1 heterocycles. The zero-order valence-corrected chi connectivity index (χ0v) is 18.4. The Labute approximate surface area is 177 Å². The minimum absolute atomic E-state index is 0.344. The molecule has 6 heteroatoms. The van der Waals surface area contributed by atoms with Gasteiger partial charge < -0.3 is 19.5 Å². The molecule has 0 saturated carbocycles. The SMILES string of the molecule is C[C@H](OC(=O)NC(C)(C)C)c1ccc(Cc2ccc3c(c2)C(=O)OC(C)(C)O3)cc1. The van der Waals surface area contributed by atoms with Crippen LogP contribution in [0, 0.1) is 0 Å². The van der Waals surface area contributed by atoms with E-state index in [1.807, 2.05) is 70.2 Å². The van der Waals surface area contributed by atoms with Crippen LogP contribution in [0.5, 0.6) is 5.75 Å². The van der Waals surface area contributed by atoms with Crippen LogP contribution in [0.4, 0.5) is 4.79 Å². The van der Waals surface area contributed by atoms with Gasteiger partial charge in [0, 0.05) is 19.4 Å². The van der Waals surface area contributed by atoms with Crippen LogP contribution in [0.2, 0.25) is 0 Å². The normalized spacial score (nSPS) is 16.0. The molecule has 1 aliphatic heterocycles. The van der Waals surface area contributed by atoms with E-state index >= 15 is 0 Å². The minimum Gasteiger partial charge on any atom is -0.452 e. The summed E-state index contributed by atoms with van der Waals surface area (Å²) < 4.78 is 16.5. The number of hydrogen-bond donors (Lipinski definition) is 1. The molecular weight excluding hydrogens is 382 g/mol. The second-order valence-electron chi connectivity index (χ2n) is 9.06. The topological polar surface area (TPSA) is 73.9 Å². The molecular formula is C24H29NO5. The van der Waals surface area contributed by atoms with Crippen molar-refractivity contribution >= 4 is 12.1 Å². The quantitative estimate of drug-likeness (QED) is 0.705. The average Bonchev–Trinajstić information content (AvgIpc) is 2.60. The smallest absolute Gasteiger partial charge is 0.408 e. The van der Waals surface area contributed by atoms with Crippen LogP contribution < -0.4 is 10.1 Å². The molecule has 1 amide bonds. The monoisotopic (exact) mass is 411 g/mol. The second-order valence-corrected chi connectivity index (χ2v) is 9.06. The molecule has 1 atom stereocenters.